The first-order valence-corrected chi connectivity index (χ1v) is 11.1. The van der Waals surface area contributed by atoms with Crippen LogP contribution in [0.2, 0.25) is 5.02 Å². The summed E-state index contributed by atoms with van der Waals surface area (Å²) in [6.45, 7) is -0.200. The quantitative estimate of drug-likeness (QED) is 0.250. The van der Waals surface area contributed by atoms with Gasteiger partial charge in [-0.25, -0.2) is 22.0 Å². The minimum absolute atomic E-state index is 0.0293. The number of nitroso groups, excluding NO2 is 1. The maximum absolute atomic E-state index is 13.9. The lowest BCUT2D eigenvalue weighted by Crippen LogP contribution is -2.42. The predicted octanol–water partition coefficient (Wildman–Crippen LogP) is 4.40. The van der Waals surface area contributed by atoms with Crippen LogP contribution in [0, 0.1) is 39.9 Å². The summed E-state index contributed by atoms with van der Waals surface area (Å²) in [6.07, 6.45) is 0.867. The summed E-state index contributed by atoms with van der Waals surface area (Å²) >= 11 is 5.96. The normalized spacial score (nSPS) is 17.1. The van der Waals surface area contributed by atoms with Crippen LogP contribution in [-0.4, -0.2) is 45.9 Å². The van der Waals surface area contributed by atoms with Crippen molar-refractivity contribution in [1.82, 2.24) is 4.90 Å². The summed E-state index contributed by atoms with van der Waals surface area (Å²) in [4.78, 5) is 25.0. The van der Waals surface area contributed by atoms with E-state index < -0.39 is 63.3 Å². The molecule has 33 heavy (non-hydrogen) atoms. The van der Waals surface area contributed by atoms with Gasteiger partial charge in [0.05, 0.1) is 12.7 Å². The lowest BCUT2D eigenvalue weighted by Gasteiger charge is -2.31. The van der Waals surface area contributed by atoms with Gasteiger partial charge in [-0.15, -0.1) is 0 Å². The summed E-state index contributed by atoms with van der Waals surface area (Å²) in [5.41, 5.74) is 0.189. The van der Waals surface area contributed by atoms with Crippen molar-refractivity contribution >= 4 is 28.5 Å². The molecule has 1 heterocycles. The number of methoxy groups -OCH3 is 1. The third kappa shape index (κ3) is 5.01. The van der Waals surface area contributed by atoms with Crippen molar-refractivity contribution in [2.45, 2.75) is 17.7 Å². The highest BCUT2D eigenvalue weighted by atomic mass is 35.5. The zero-order valence-corrected chi connectivity index (χ0v) is 18.6. The molecule has 2 aromatic carbocycles. The number of piperidine rings is 1. The minimum Gasteiger partial charge on any atom is -0.496 e. The number of benzene rings is 2. The summed E-state index contributed by atoms with van der Waals surface area (Å²) in [6, 6.07) is 4.48. The van der Waals surface area contributed by atoms with Crippen molar-refractivity contribution in [1.29, 1.82) is 0 Å². The zero-order chi connectivity index (χ0) is 24.4. The maximum Gasteiger partial charge on any atom is 0.368 e. The Balaban J connectivity index is 1.76. The van der Waals surface area contributed by atoms with E-state index >= 15 is 0 Å². The Morgan fingerprint density at radius 1 is 1.15 bits per heavy atom. The van der Waals surface area contributed by atoms with Crippen LogP contribution < -0.4 is 4.74 Å². The fraction of sp³-hybridized carbons (Fsp3) is 0.350. The van der Waals surface area contributed by atoms with E-state index in [9.17, 15) is 35.9 Å². The Bertz CT molecular complexity index is 1120. The molecule has 1 aliphatic rings. The Labute approximate surface area is 192 Å². The van der Waals surface area contributed by atoms with Gasteiger partial charge in [-0.05, 0) is 31.0 Å². The SMILES string of the molecule is COc1ccc(Cl)cc1C(=O)N1CCC[C@H](C[N+](=O)S(=O)c2c(F)c(F)c(F)c(F)c2F)C1. The van der Waals surface area contributed by atoms with Gasteiger partial charge in [0.2, 0.25) is 12.4 Å². The van der Waals surface area contributed by atoms with Crippen LogP contribution in [0.25, 0.3) is 0 Å². The number of rotatable bonds is 6. The fourth-order valence-corrected chi connectivity index (χ4v) is 4.74. The molecule has 1 aliphatic heterocycles. The van der Waals surface area contributed by atoms with E-state index in [0.29, 0.717) is 24.4 Å². The molecule has 0 saturated carbocycles. The standard InChI is InChI=1S/C20H17ClF5N2O4S/c1-32-13-5-4-11(21)7-12(13)20(29)27-6-2-3-10(8-27)9-28(30)33(31)19-17(25)15(23)14(22)16(24)18(19)26/h4-5,7,10H,2-3,6,8-9H2,1H3/q+1/t10-,33?/m0/s1. The van der Waals surface area contributed by atoms with Crippen molar-refractivity contribution in [2.75, 3.05) is 26.7 Å². The highest BCUT2D eigenvalue weighted by Crippen LogP contribution is 2.28. The van der Waals surface area contributed by atoms with E-state index in [0.717, 1.165) is 0 Å². The number of hydrogen-bond acceptors (Lipinski definition) is 4. The molecular formula is C20H17ClF5N2O4S+. The lowest BCUT2D eigenvalue weighted by molar-refractivity contribution is -0.393. The van der Waals surface area contributed by atoms with Crippen molar-refractivity contribution in [2.24, 2.45) is 5.92 Å². The number of carbonyl (C=O) groups is 1. The van der Waals surface area contributed by atoms with Crippen LogP contribution >= 0.6 is 11.6 Å². The second-order valence-corrected chi connectivity index (χ2v) is 9.02. The third-order valence-electron chi connectivity index (χ3n) is 5.13. The van der Waals surface area contributed by atoms with Crippen molar-refractivity contribution < 1.29 is 39.9 Å². The Kier molecular flexibility index (Phi) is 7.68. The lowest BCUT2D eigenvalue weighted by atomic mass is 9.97. The summed E-state index contributed by atoms with van der Waals surface area (Å²) in [7, 11) is -1.83. The van der Waals surface area contributed by atoms with Gasteiger partial charge in [0, 0.05) is 28.9 Å². The van der Waals surface area contributed by atoms with Crippen LogP contribution in [0.4, 0.5) is 22.0 Å². The third-order valence-corrected chi connectivity index (χ3v) is 6.60. The molecule has 0 radical (unpaired) electrons. The first-order valence-electron chi connectivity index (χ1n) is 9.57. The summed E-state index contributed by atoms with van der Waals surface area (Å²) < 4.78 is 85.0. The second-order valence-electron chi connectivity index (χ2n) is 7.27. The number of hydrogen-bond donors (Lipinski definition) is 0. The summed E-state index contributed by atoms with van der Waals surface area (Å²) in [5.74, 6) is -12.4. The molecule has 0 N–H and O–H groups in total. The topological polar surface area (TPSA) is 66.7 Å². The zero-order valence-electron chi connectivity index (χ0n) is 17.0. The van der Waals surface area contributed by atoms with Gasteiger partial charge < -0.3 is 9.64 Å². The molecule has 1 saturated heterocycles. The van der Waals surface area contributed by atoms with Crippen molar-refractivity contribution in [3.63, 3.8) is 0 Å². The second kappa shape index (κ2) is 10.1. The number of halogens is 6. The molecule has 0 bridgehead atoms. The predicted molar refractivity (Wildman–Crippen MR) is 108 cm³/mol. The molecule has 1 unspecified atom stereocenters. The molecule has 178 valence electrons. The largest absolute Gasteiger partial charge is 0.496 e. The number of nitrogens with zero attached hydrogens (tertiary/aromatic N) is 2. The van der Waals surface area contributed by atoms with E-state index in [-0.39, 0.29) is 22.0 Å². The molecule has 3 rings (SSSR count). The van der Waals surface area contributed by atoms with E-state index in [4.69, 9.17) is 16.3 Å². The molecule has 0 spiro atoms. The molecule has 2 aromatic rings. The molecular weight excluding hydrogens is 495 g/mol. The summed E-state index contributed by atoms with van der Waals surface area (Å²) in [5, 5.41) is 0.302. The number of amides is 1. The van der Waals surface area contributed by atoms with Crippen LogP contribution in [0.1, 0.15) is 23.2 Å². The van der Waals surface area contributed by atoms with Crippen LogP contribution in [0.5, 0.6) is 5.75 Å². The maximum atomic E-state index is 13.9. The first-order chi connectivity index (χ1) is 15.6. The van der Waals surface area contributed by atoms with E-state index in [1.807, 2.05) is 0 Å². The average Bonchev–Trinajstić information content (AvgIpc) is 2.81. The molecule has 13 heteroatoms. The van der Waals surface area contributed by atoms with Crippen LogP contribution in [-0.2, 0) is 11.0 Å². The van der Waals surface area contributed by atoms with E-state index in [1.165, 1.54) is 24.1 Å². The Morgan fingerprint density at radius 2 is 1.76 bits per heavy atom. The molecule has 2 atom stereocenters. The molecule has 6 nitrogen and oxygen atoms in total. The van der Waals surface area contributed by atoms with Gasteiger partial charge >= 0.3 is 11.0 Å². The molecule has 1 fully saturated rings. The van der Waals surface area contributed by atoms with Gasteiger partial charge in [0.25, 0.3) is 5.91 Å². The van der Waals surface area contributed by atoms with Gasteiger partial charge in [-0.1, -0.05) is 11.6 Å². The smallest absolute Gasteiger partial charge is 0.368 e. The van der Waals surface area contributed by atoms with Gasteiger partial charge in [0.15, 0.2) is 28.2 Å². The van der Waals surface area contributed by atoms with E-state index in [1.54, 1.807) is 6.07 Å². The molecule has 0 aromatic heterocycles. The van der Waals surface area contributed by atoms with Crippen molar-refractivity contribution in [3.05, 3.63) is 62.8 Å². The highest BCUT2D eigenvalue weighted by Gasteiger charge is 2.39. The monoisotopic (exact) mass is 511 g/mol. The van der Waals surface area contributed by atoms with Crippen LogP contribution in [0.3, 0.4) is 0 Å². The Hall–Kier alpha value is -2.60. The highest BCUT2D eigenvalue weighted by molar-refractivity contribution is 7.78. The van der Waals surface area contributed by atoms with Gasteiger partial charge in [-0.3, -0.25) is 4.79 Å². The minimum atomic E-state index is -3.21. The average molecular weight is 512 g/mol. The van der Waals surface area contributed by atoms with Crippen molar-refractivity contribution in [3.8, 4) is 5.75 Å². The van der Waals surface area contributed by atoms with Gasteiger partial charge in [0.1, 0.15) is 9.91 Å². The van der Waals surface area contributed by atoms with E-state index in [2.05, 4.69) is 0 Å². The number of ether oxygens (including phenoxy) is 1. The fourth-order valence-electron chi connectivity index (χ4n) is 3.53. The Morgan fingerprint density at radius 3 is 2.36 bits per heavy atom. The number of likely N-dealkylation sites (tertiary alicyclic amines) is 1. The van der Waals surface area contributed by atoms with Gasteiger partial charge in [-0.2, -0.15) is 4.21 Å². The molecule has 0 aliphatic carbocycles. The van der Waals surface area contributed by atoms with Crippen LogP contribution in [0.15, 0.2) is 23.1 Å². The number of carbonyl (C=O) groups excluding carboxylic acids is 1. The molecule has 1 amide bonds. The first kappa shape index (κ1) is 25.0.